The zero-order valence-corrected chi connectivity index (χ0v) is 14.8. The molecule has 0 unspecified atom stereocenters. The Morgan fingerprint density at radius 2 is 1.73 bits per heavy atom. The van der Waals surface area contributed by atoms with E-state index in [1.54, 1.807) is 0 Å². The Morgan fingerprint density at radius 1 is 1.08 bits per heavy atom. The third-order valence-corrected chi connectivity index (χ3v) is 5.09. The average Bonchev–Trinajstić information content (AvgIpc) is 3.10. The van der Waals surface area contributed by atoms with Crippen LogP contribution in [0.3, 0.4) is 0 Å². The predicted molar refractivity (Wildman–Crippen MR) is 102 cm³/mol. The maximum absolute atomic E-state index is 13.0. The molecule has 2 aromatic carbocycles. The molecule has 6 nitrogen and oxygen atoms in total. The number of fused-ring (bicyclic) bond motifs is 1. The molecular weight excluding hydrogens is 348 g/mol. The van der Waals surface area contributed by atoms with Gasteiger partial charge in [0, 0.05) is 12.5 Å². The number of hydrogen-bond acceptors (Lipinski definition) is 5. The number of thioether (sulfide) groups is 1. The summed E-state index contributed by atoms with van der Waals surface area (Å²) in [5.41, 5.74) is 1.80. The number of nitrogens with one attached hydrogen (secondary N) is 1. The number of amides is 2. The Balaban J connectivity index is 1.73. The molecule has 2 aliphatic rings. The Bertz CT molecular complexity index is 912. The normalized spacial score (nSPS) is 21.7. The van der Waals surface area contributed by atoms with E-state index in [1.165, 1.54) is 23.7 Å². The molecule has 0 bridgehead atoms. The standard InChI is InChI=1S/C19H16N4O2S/c1-12(24)20-16-15(13-8-4-2-5-9-13)21-19-23(18(16)25)22-17(26-19)14-10-6-3-7-11-14/h2-11,15-16H,1H3,(H,20,24)/t15-,16+/m1/s1. The molecule has 0 aromatic heterocycles. The molecule has 7 heteroatoms. The van der Waals surface area contributed by atoms with E-state index in [1.807, 2.05) is 60.7 Å². The Labute approximate surface area is 155 Å². The lowest BCUT2D eigenvalue weighted by Crippen LogP contribution is -2.52. The van der Waals surface area contributed by atoms with E-state index >= 15 is 0 Å². The zero-order chi connectivity index (χ0) is 18.1. The monoisotopic (exact) mass is 364 g/mol. The fourth-order valence-electron chi connectivity index (χ4n) is 2.94. The number of carbonyl (C=O) groups excluding carboxylic acids is 2. The molecule has 26 heavy (non-hydrogen) atoms. The average molecular weight is 364 g/mol. The minimum Gasteiger partial charge on any atom is -0.342 e. The summed E-state index contributed by atoms with van der Waals surface area (Å²) in [5.74, 6) is -0.556. The summed E-state index contributed by atoms with van der Waals surface area (Å²) in [6, 6.07) is 17.9. The van der Waals surface area contributed by atoms with E-state index in [4.69, 9.17) is 4.99 Å². The number of amidine groups is 1. The molecule has 2 amide bonds. The lowest BCUT2D eigenvalue weighted by molar-refractivity contribution is -0.134. The maximum Gasteiger partial charge on any atom is 0.274 e. The van der Waals surface area contributed by atoms with E-state index in [0.29, 0.717) is 10.2 Å². The van der Waals surface area contributed by atoms with Crippen LogP contribution in [-0.2, 0) is 9.59 Å². The lowest BCUT2D eigenvalue weighted by atomic mass is 9.98. The summed E-state index contributed by atoms with van der Waals surface area (Å²) in [6.07, 6.45) is 0. The molecule has 2 aliphatic heterocycles. The van der Waals surface area contributed by atoms with Crippen LogP contribution in [0.4, 0.5) is 0 Å². The Kier molecular flexibility index (Phi) is 4.30. The topological polar surface area (TPSA) is 74.1 Å². The highest BCUT2D eigenvalue weighted by atomic mass is 32.2. The highest BCUT2D eigenvalue weighted by Crippen LogP contribution is 2.35. The molecule has 1 N–H and O–H groups in total. The van der Waals surface area contributed by atoms with Crippen molar-refractivity contribution in [3.8, 4) is 0 Å². The molecule has 0 spiro atoms. The van der Waals surface area contributed by atoms with Crippen LogP contribution in [0.25, 0.3) is 0 Å². The van der Waals surface area contributed by atoms with Crippen molar-refractivity contribution in [1.82, 2.24) is 10.3 Å². The van der Waals surface area contributed by atoms with Crippen molar-refractivity contribution in [3.63, 3.8) is 0 Å². The number of hydrazone groups is 1. The van der Waals surface area contributed by atoms with Crippen LogP contribution >= 0.6 is 11.8 Å². The number of benzene rings is 2. The van der Waals surface area contributed by atoms with Gasteiger partial charge in [0.1, 0.15) is 17.1 Å². The van der Waals surface area contributed by atoms with E-state index in [0.717, 1.165) is 11.1 Å². The number of nitrogens with zero attached hydrogens (tertiary/aromatic N) is 3. The van der Waals surface area contributed by atoms with Crippen LogP contribution in [0.2, 0.25) is 0 Å². The molecular formula is C19H16N4O2S. The van der Waals surface area contributed by atoms with Crippen molar-refractivity contribution in [1.29, 1.82) is 0 Å². The third kappa shape index (κ3) is 3.01. The number of hydrogen-bond donors (Lipinski definition) is 1. The maximum atomic E-state index is 13.0. The van der Waals surface area contributed by atoms with Crippen molar-refractivity contribution in [2.45, 2.75) is 19.0 Å². The van der Waals surface area contributed by atoms with Crippen LogP contribution in [0, 0.1) is 0 Å². The van der Waals surface area contributed by atoms with Crippen molar-refractivity contribution in [2.24, 2.45) is 10.1 Å². The molecule has 4 rings (SSSR count). The highest BCUT2D eigenvalue weighted by Gasteiger charge is 2.43. The van der Waals surface area contributed by atoms with Crippen molar-refractivity contribution in [2.75, 3.05) is 0 Å². The summed E-state index contributed by atoms with van der Waals surface area (Å²) in [6.45, 7) is 1.39. The highest BCUT2D eigenvalue weighted by molar-refractivity contribution is 8.27. The van der Waals surface area contributed by atoms with Gasteiger partial charge >= 0.3 is 0 Å². The predicted octanol–water partition coefficient (Wildman–Crippen LogP) is 2.54. The summed E-state index contributed by atoms with van der Waals surface area (Å²) in [5, 5.41) is 9.71. The molecule has 0 saturated carbocycles. The third-order valence-electron chi connectivity index (χ3n) is 4.12. The quantitative estimate of drug-likeness (QED) is 0.909. The van der Waals surface area contributed by atoms with Gasteiger partial charge in [-0.15, -0.1) is 0 Å². The zero-order valence-electron chi connectivity index (χ0n) is 14.0. The summed E-state index contributed by atoms with van der Waals surface area (Å²) in [4.78, 5) is 29.4. The Hall–Kier alpha value is -2.93. The fourth-order valence-corrected chi connectivity index (χ4v) is 3.88. The minimum absolute atomic E-state index is 0.276. The number of aliphatic imine (C=N–C) groups is 1. The van der Waals surface area contributed by atoms with Gasteiger partial charge in [0.2, 0.25) is 5.91 Å². The molecule has 2 atom stereocenters. The molecule has 2 aromatic rings. The smallest absolute Gasteiger partial charge is 0.274 e. The van der Waals surface area contributed by atoms with Gasteiger partial charge in [-0.05, 0) is 17.3 Å². The van der Waals surface area contributed by atoms with Crippen molar-refractivity contribution >= 4 is 33.8 Å². The second kappa shape index (κ2) is 6.76. The molecule has 2 heterocycles. The van der Waals surface area contributed by atoms with Gasteiger partial charge < -0.3 is 5.32 Å². The molecule has 130 valence electrons. The first kappa shape index (κ1) is 16.5. The SMILES string of the molecule is CC(=O)N[C@@H]1C(=O)N2N=C(c3ccccc3)SC2=N[C@@H]1c1ccccc1. The van der Waals surface area contributed by atoms with E-state index in [-0.39, 0.29) is 11.8 Å². The number of rotatable bonds is 3. The molecule has 0 aliphatic carbocycles. The van der Waals surface area contributed by atoms with Gasteiger partial charge in [-0.1, -0.05) is 60.7 Å². The van der Waals surface area contributed by atoms with Crippen LogP contribution < -0.4 is 5.32 Å². The van der Waals surface area contributed by atoms with Gasteiger partial charge in [0.15, 0.2) is 5.17 Å². The summed E-state index contributed by atoms with van der Waals surface area (Å²) in [7, 11) is 0. The first-order valence-electron chi connectivity index (χ1n) is 8.19. The van der Waals surface area contributed by atoms with Crippen LogP contribution in [0.15, 0.2) is 70.8 Å². The molecule has 0 radical (unpaired) electrons. The van der Waals surface area contributed by atoms with E-state index < -0.39 is 12.1 Å². The number of carbonyl (C=O) groups is 2. The van der Waals surface area contributed by atoms with Gasteiger partial charge in [-0.3, -0.25) is 9.59 Å². The second-order valence-corrected chi connectivity index (χ2v) is 6.92. The van der Waals surface area contributed by atoms with Gasteiger partial charge in [0.05, 0.1) is 0 Å². The van der Waals surface area contributed by atoms with E-state index in [2.05, 4.69) is 10.4 Å². The first-order valence-corrected chi connectivity index (χ1v) is 9.01. The van der Waals surface area contributed by atoms with Crippen molar-refractivity contribution < 1.29 is 9.59 Å². The van der Waals surface area contributed by atoms with Crippen LogP contribution in [0.5, 0.6) is 0 Å². The van der Waals surface area contributed by atoms with Gasteiger partial charge in [-0.2, -0.15) is 10.1 Å². The van der Waals surface area contributed by atoms with Crippen molar-refractivity contribution in [3.05, 3.63) is 71.8 Å². The second-order valence-electron chi connectivity index (χ2n) is 5.97. The van der Waals surface area contributed by atoms with Crippen LogP contribution in [0.1, 0.15) is 24.1 Å². The Morgan fingerprint density at radius 3 is 2.38 bits per heavy atom. The van der Waals surface area contributed by atoms with E-state index in [9.17, 15) is 9.59 Å². The molecule has 0 saturated heterocycles. The van der Waals surface area contributed by atoms with Gasteiger partial charge in [-0.25, -0.2) is 4.99 Å². The van der Waals surface area contributed by atoms with Crippen LogP contribution in [-0.4, -0.2) is 33.1 Å². The summed E-state index contributed by atoms with van der Waals surface area (Å²) < 4.78 is 0. The molecule has 0 fully saturated rings. The minimum atomic E-state index is -0.780. The fraction of sp³-hybridized carbons (Fsp3) is 0.158. The lowest BCUT2D eigenvalue weighted by Gasteiger charge is -2.31. The first-order chi connectivity index (χ1) is 12.6. The summed E-state index contributed by atoms with van der Waals surface area (Å²) >= 11 is 1.36. The van der Waals surface area contributed by atoms with Gasteiger partial charge in [0.25, 0.3) is 5.91 Å². The largest absolute Gasteiger partial charge is 0.342 e.